The lowest BCUT2D eigenvalue weighted by atomic mass is 10.1. The summed E-state index contributed by atoms with van der Waals surface area (Å²) >= 11 is 0. The molecule has 6 heteroatoms. The Labute approximate surface area is 81.1 Å². The molecule has 0 radical (unpaired) electrons. The number of piperidine rings is 1. The van der Waals surface area contributed by atoms with E-state index in [1.165, 1.54) is 9.70 Å². The summed E-state index contributed by atoms with van der Waals surface area (Å²) in [5.74, 6) is 0. The van der Waals surface area contributed by atoms with Crippen molar-refractivity contribution in [3.05, 3.63) is 12.4 Å². The number of aromatic nitrogens is 3. The molecule has 1 aromatic rings. The van der Waals surface area contributed by atoms with Crippen LogP contribution in [0.5, 0.6) is 0 Å². The third-order valence-electron chi connectivity index (χ3n) is 2.42. The SMILES string of the molecule is O=C(O)N1CCCCC1n1nccn1. The maximum atomic E-state index is 10.9. The molecule has 6 nitrogen and oxygen atoms in total. The van der Waals surface area contributed by atoms with E-state index in [1.54, 1.807) is 12.4 Å². The third-order valence-corrected chi connectivity index (χ3v) is 2.42. The van der Waals surface area contributed by atoms with Crippen LogP contribution in [0.3, 0.4) is 0 Å². The summed E-state index contributed by atoms with van der Waals surface area (Å²) in [5.41, 5.74) is 0. The molecule has 1 aliphatic heterocycles. The molecule has 1 aromatic heterocycles. The fraction of sp³-hybridized carbons (Fsp3) is 0.625. The minimum absolute atomic E-state index is 0.226. The van der Waals surface area contributed by atoms with Crippen LogP contribution in [-0.2, 0) is 0 Å². The molecule has 1 aliphatic rings. The first-order chi connectivity index (χ1) is 6.79. The molecule has 1 amide bonds. The summed E-state index contributed by atoms with van der Waals surface area (Å²) in [6.07, 6.45) is 4.74. The van der Waals surface area contributed by atoms with Crippen molar-refractivity contribution in [2.75, 3.05) is 6.54 Å². The highest BCUT2D eigenvalue weighted by Crippen LogP contribution is 2.24. The Hall–Kier alpha value is -1.59. The van der Waals surface area contributed by atoms with Crippen molar-refractivity contribution >= 4 is 6.09 Å². The van der Waals surface area contributed by atoms with Crippen molar-refractivity contribution in [2.24, 2.45) is 0 Å². The molecule has 14 heavy (non-hydrogen) atoms. The number of likely N-dealkylation sites (tertiary alicyclic amines) is 1. The van der Waals surface area contributed by atoms with Gasteiger partial charge in [0, 0.05) is 6.54 Å². The van der Waals surface area contributed by atoms with E-state index in [2.05, 4.69) is 10.2 Å². The molecule has 1 saturated heterocycles. The van der Waals surface area contributed by atoms with Gasteiger partial charge in [-0.1, -0.05) is 0 Å². The van der Waals surface area contributed by atoms with Crippen molar-refractivity contribution in [3.63, 3.8) is 0 Å². The molecule has 1 unspecified atom stereocenters. The highest BCUT2D eigenvalue weighted by Gasteiger charge is 2.28. The monoisotopic (exact) mass is 196 g/mol. The van der Waals surface area contributed by atoms with Crippen LogP contribution in [0, 0.1) is 0 Å². The van der Waals surface area contributed by atoms with Crippen molar-refractivity contribution in [2.45, 2.75) is 25.4 Å². The summed E-state index contributed by atoms with van der Waals surface area (Å²) in [7, 11) is 0. The van der Waals surface area contributed by atoms with Gasteiger partial charge in [-0.2, -0.15) is 15.0 Å². The molecular formula is C8H12N4O2. The highest BCUT2D eigenvalue weighted by atomic mass is 16.4. The first kappa shape index (κ1) is 8.98. The zero-order valence-electron chi connectivity index (χ0n) is 7.70. The first-order valence-electron chi connectivity index (χ1n) is 4.64. The van der Waals surface area contributed by atoms with Gasteiger partial charge in [0.05, 0.1) is 12.4 Å². The van der Waals surface area contributed by atoms with Crippen LogP contribution < -0.4 is 0 Å². The fourth-order valence-electron chi connectivity index (χ4n) is 1.76. The second-order valence-electron chi connectivity index (χ2n) is 3.30. The maximum absolute atomic E-state index is 10.9. The Morgan fingerprint density at radius 3 is 2.71 bits per heavy atom. The normalized spacial score (nSPS) is 22.3. The Balaban J connectivity index is 2.18. The summed E-state index contributed by atoms with van der Waals surface area (Å²) < 4.78 is 0. The van der Waals surface area contributed by atoms with Crippen LogP contribution in [0.4, 0.5) is 4.79 Å². The number of amides is 1. The summed E-state index contributed by atoms with van der Waals surface area (Å²) in [4.78, 5) is 13.8. The van der Waals surface area contributed by atoms with E-state index >= 15 is 0 Å². The van der Waals surface area contributed by atoms with Gasteiger partial charge >= 0.3 is 6.09 Å². The van der Waals surface area contributed by atoms with E-state index in [4.69, 9.17) is 5.11 Å². The van der Waals surface area contributed by atoms with Gasteiger partial charge in [0.25, 0.3) is 0 Å². The van der Waals surface area contributed by atoms with Crippen molar-refractivity contribution in [1.82, 2.24) is 19.9 Å². The topological polar surface area (TPSA) is 71.2 Å². The average molecular weight is 196 g/mol. The second kappa shape index (κ2) is 3.65. The van der Waals surface area contributed by atoms with Gasteiger partial charge in [-0.25, -0.2) is 4.79 Å². The molecule has 1 atom stereocenters. The number of hydrogen-bond acceptors (Lipinski definition) is 3. The summed E-state index contributed by atoms with van der Waals surface area (Å²) in [6.45, 7) is 0.571. The van der Waals surface area contributed by atoms with Crippen LogP contribution in [0.1, 0.15) is 25.4 Å². The molecule has 1 fully saturated rings. The van der Waals surface area contributed by atoms with Gasteiger partial charge in [0.15, 0.2) is 0 Å². The van der Waals surface area contributed by atoms with Gasteiger partial charge in [-0.05, 0) is 19.3 Å². The molecule has 0 aliphatic carbocycles. The predicted molar refractivity (Wildman–Crippen MR) is 47.6 cm³/mol. The van der Waals surface area contributed by atoms with E-state index in [0.29, 0.717) is 6.54 Å². The number of rotatable bonds is 1. The molecule has 0 aromatic carbocycles. The predicted octanol–water partition coefficient (Wildman–Crippen LogP) is 0.941. The lowest BCUT2D eigenvalue weighted by molar-refractivity contribution is 0.0659. The lowest BCUT2D eigenvalue weighted by Crippen LogP contribution is -2.41. The molecule has 0 bridgehead atoms. The molecule has 2 rings (SSSR count). The zero-order chi connectivity index (χ0) is 9.97. The Bertz CT molecular complexity index is 311. The van der Waals surface area contributed by atoms with Crippen LogP contribution >= 0.6 is 0 Å². The highest BCUT2D eigenvalue weighted by molar-refractivity contribution is 5.65. The number of carboxylic acid groups (broad SMARTS) is 1. The summed E-state index contributed by atoms with van der Waals surface area (Å²) in [6, 6.07) is 0. The Morgan fingerprint density at radius 1 is 1.36 bits per heavy atom. The molecular weight excluding hydrogens is 184 g/mol. The van der Waals surface area contributed by atoms with Crippen LogP contribution in [-0.4, -0.2) is 37.6 Å². The van der Waals surface area contributed by atoms with E-state index in [0.717, 1.165) is 19.3 Å². The van der Waals surface area contributed by atoms with Crippen LogP contribution in [0.2, 0.25) is 0 Å². The largest absolute Gasteiger partial charge is 0.465 e. The van der Waals surface area contributed by atoms with Crippen molar-refractivity contribution in [3.8, 4) is 0 Å². The van der Waals surface area contributed by atoms with Crippen molar-refractivity contribution in [1.29, 1.82) is 0 Å². The Morgan fingerprint density at radius 2 is 2.07 bits per heavy atom. The van der Waals surface area contributed by atoms with Crippen LogP contribution in [0.15, 0.2) is 12.4 Å². The van der Waals surface area contributed by atoms with Crippen molar-refractivity contribution < 1.29 is 9.90 Å². The Kier molecular flexibility index (Phi) is 2.34. The van der Waals surface area contributed by atoms with E-state index in [9.17, 15) is 4.79 Å². The smallest absolute Gasteiger partial charge is 0.409 e. The third kappa shape index (κ3) is 1.55. The van der Waals surface area contributed by atoms with Crippen LogP contribution in [0.25, 0.3) is 0 Å². The molecule has 0 spiro atoms. The van der Waals surface area contributed by atoms with E-state index in [-0.39, 0.29) is 6.17 Å². The quantitative estimate of drug-likeness (QED) is 0.725. The number of nitrogens with zero attached hydrogens (tertiary/aromatic N) is 4. The van der Waals surface area contributed by atoms with E-state index in [1.807, 2.05) is 0 Å². The average Bonchev–Trinajstić information content (AvgIpc) is 2.70. The van der Waals surface area contributed by atoms with Gasteiger partial charge in [-0.3, -0.25) is 4.90 Å². The number of hydrogen-bond donors (Lipinski definition) is 1. The van der Waals surface area contributed by atoms with Gasteiger partial charge in [-0.15, -0.1) is 0 Å². The molecule has 0 saturated carbocycles. The lowest BCUT2D eigenvalue weighted by Gasteiger charge is -2.32. The fourth-order valence-corrected chi connectivity index (χ4v) is 1.76. The second-order valence-corrected chi connectivity index (χ2v) is 3.30. The minimum Gasteiger partial charge on any atom is -0.465 e. The molecule has 76 valence electrons. The zero-order valence-corrected chi connectivity index (χ0v) is 7.70. The standard InChI is InChI=1S/C8H12N4O2/c13-8(14)11-6-2-1-3-7(11)12-9-4-5-10-12/h4-5,7H,1-3,6H2,(H,13,14). The van der Waals surface area contributed by atoms with Gasteiger partial charge in [0.2, 0.25) is 0 Å². The summed E-state index contributed by atoms with van der Waals surface area (Å²) in [5, 5.41) is 16.9. The number of carbonyl (C=O) groups is 1. The first-order valence-corrected chi connectivity index (χ1v) is 4.64. The molecule has 1 N–H and O–H groups in total. The molecule has 2 heterocycles. The van der Waals surface area contributed by atoms with Gasteiger partial charge in [0.1, 0.15) is 6.17 Å². The minimum atomic E-state index is -0.896. The van der Waals surface area contributed by atoms with E-state index < -0.39 is 6.09 Å². The maximum Gasteiger partial charge on any atom is 0.409 e. The van der Waals surface area contributed by atoms with Gasteiger partial charge < -0.3 is 5.11 Å².